The summed E-state index contributed by atoms with van der Waals surface area (Å²) in [4.78, 5) is 2.47. The lowest BCUT2D eigenvalue weighted by molar-refractivity contribution is 0.669. The summed E-state index contributed by atoms with van der Waals surface area (Å²) in [6.07, 6.45) is 0. The Morgan fingerprint density at radius 3 is 1.66 bits per heavy atom. The summed E-state index contributed by atoms with van der Waals surface area (Å²) in [7, 11) is 0. The van der Waals surface area contributed by atoms with E-state index in [4.69, 9.17) is 4.42 Å². The van der Waals surface area contributed by atoms with E-state index in [1.54, 1.807) is 0 Å². The molecule has 1 spiro atoms. The molecule has 2 nitrogen and oxygen atoms in total. The molecular weight excluding hydrogens is 771 g/mol. The molecule has 2 aliphatic rings. The van der Waals surface area contributed by atoms with Crippen LogP contribution in [0.1, 0.15) is 22.3 Å². The SMILES string of the molecule is c1ccc(N(c2ccc3c(c2)C2(c4ccccc4-c4ccccc42)c2ccccc2-3)c2ccc3c(c2)oc2cc4ccccc4cc23)c(-c2cccc3sc4ccccc4c23)c1. The Bertz CT molecular complexity index is 3790. The van der Waals surface area contributed by atoms with Gasteiger partial charge in [0.25, 0.3) is 0 Å². The van der Waals surface area contributed by atoms with Crippen LogP contribution in [0.2, 0.25) is 0 Å². The third-order valence-electron chi connectivity index (χ3n) is 13.7. The molecule has 0 saturated heterocycles. The number of nitrogens with zero attached hydrogens (tertiary/aromatic N) is 1. The minimum absolute atomic E-state index is 0.466. The van der Waals surface area contributed by atoms with Crippen molar-refractivity contribution >= 4 is 81.3 Å². The molecule has 14 rings (SSSR count). The number of thiophene rings is 1. The highest BCUT2D eigenvalue weighted by molar-refractivity contribution is 7.25. The first kappa shape index (κ1) is 34.0. The largest absolute Gasteiger partial charge is 0.456 e. The first-order valence-electron chi connectivity index (χ1n) is 21.3. The normalized spacial score (nSPS) is 13.3. The van der Waals surface area contributed by atoms with Gasteiger partial charge in [-0.05, 0) is 115 Å². The minimum atomic E-state index is -0.466. The Balaban J connectivity index is 1.06. The van der Waals surface area contributed by atoms with Crippen LogP contribution >= 0.6 is 11.3 Å². The van der Waals surface area contributed by atoms with Crippen LogP contribution in [-0.2, 0) is 5.41 Å². The summed E-state index contributed by atoms with van der Waals surface area (Å²) in [5.41, 5.74) is 17.4. The van der Waals surface area contributed by atoms with Crippen LogP contribution in [0.25, 0.3) is 86.3 Å². The van der Waals surface area contributed by atoms with Gasteiger partial charge >= 0.3 is 0 Å². The zero-order valence-electron chi connectivity index (χ0n) is 33.5. The van der Waals surface area contributed by atoms with E-state index in [9.17, 15) is 0 Å². The number of anilines is 3. The van der Waals surface area contributed by atoms with Gasteiger partial charge in [-0.3, -0.25) is 0 Å². The number of hydrogen-bond donors (Lipinski definition) is 0. The first-order chi connectivity index (χ1) is 30.7. The van der Waals surface area contributed by atoms with Gasteiger partial charge in [0.05, 0.1) is 11.1 Å². The van der Waals surface area contributed by atoms with Gasteiger partial charge in [0.1, 0.15) is 11.2 Å². The molecule has 12 aromatic rings. The number of hydrogen-bond acceptors (Lipinski definition) is 3. The smallest absolute Gasteiger partial charge is 0.137 e. The fraction of sp³-hybridized carbons (Fsp3) is 0.0169. The van der Waals surface area contributed by atoms with E-state index in [1.807, 2.05) is 11.3 Å². The van der Waals surface area contributed by atoms with Crippen molar-refractivity contribution in [2.24, 2.45) is 0 Å². The van der Waals surface area contributed by atoms with Crippen molar-refractivity contribution in [3.05, 3.63) is 235 Å². The Morgan fingerprint density at radius 2 is 0.903 bits per heavy atom. The molecule has 0 aliphatic heterocycles. The lowest BCUT2D eigenvalue weighted by Crippen LogP contribution is -2.26. The molecule has 288 valence electrons. The maximum Gasteiger partial charge on any atom is 0.137 e. The van der Waals surface area contributed by atoms with Crippen LogP contribution < -0.4 is 4.90 Å². The van der Waals surface area contributed by atoms with Crippen molar-refractivity contribution in [2.75, 3.05) is 4.90 Å². The van der Waals surface area contributed by atoms with Gasteiger partial charge in [-0.1, -0.05) is 152 Å². The second-order valence-electron chi connectivity index (χ2n) is 16.7. The highest BCUT2D eigenvalue weighted by Gasteiger charge is 2.51. The Hall–Kier alpha value is -7.72. The standard InChI is InChI=1S/C59H35NOS/c1-2-15-37-33-54-48(32-36(37)14-1)45-31-29-39(35-55(45)61-54)60(53-25-11-6-19-44(53)46-21-13-27-57-58(46)47-20-7-12-26-56(47)62-57)38-28-30-43-42-18-5-10-24-51(42)59(52(43)34-38)49-22-8-3-16-40(49)41-17-4-9-23-50(41)59/h1-35H. The quantitative estimate of drug-likeness (QED) is 0.176. The summed E-state index contributed by atoms with van der Waals surface area (Å²) in [6, 6.07) is 78.6. The van der Waals surface area contributed by atoms with Crippen LogP contribution in [0.3, 0.4) is 0 Å². The molecular formula is C59H35NOS. The number of para-hydroxylation sites is 1. The highest BCUT2D eigenvalue weighted by Crippen LogP contribution is 2.63. The first-order valence-corrected chi connectivity index (χ1v) is 22.1. The molecule has 62 heavy (non-hydrogen) atoms. The Morgan fingerprint density at radius 1 is 0.355 bits per heavy atom. The second-order valence-corrected chi connectivity index (χ2v) is 17.8. The van der Waals surface area contributed by atoms with Crippen LogP contribution in [0.4, 0.5) is 17.1 Å². The van der Waals surface area contributed by atoms with Crippen LogP contribution in [0.5, 0.6) is 0 Å². The van der Waals surface area contributed by atoms with E-state index in [2.05, 4.69) is 217 Å². The van der Waals surface area contributed by atoms with Gasteiger partial charge in [-0.25, -0.2) is 0 Å². The van der Waals surface area contributed by atoms with Crippen LogP contribution in [0, 0.1) is 0 Å². The monoisotopic (exact) mass is 805 g/mol. The molecule has 0 fully saturated rings. The van der Waals surface area contributed by atoms with Crippen molar-refractivity contribution in [1.82, 2.24) is 0 Å². The van der Waals surface area contributed by atoms with Crippen molar-refractivity contribution in [3.63, 3.8) is 0 Å². The summed E-state index contributed by atoms with van der Waals surface area (Å²) >= 11 is 1.86. The van der Waals surface area contributed by atoms with E-state index in [0.717, 1.165) is 39.0 Å². The van der Waals surface area contributed by atoms with Gasteiger partial charge in [0.2, 0.25) is 0 Å². The number of fused-ring (bicyclic) bond motifs is 17. The summed E-state index contributed by atoms with van der Waals surface area (Å²) in [5.74, 6) is 0. The average molecular weight is 806 g/mol. The Labute approximate surface area is 362 Å². The van der Waals surface area contributed by atoms with E-state index >= 15 is 0 Å². The highest BCUT2D eigenvalue weighted by atomic mass is 32.1. The van der Waals surface area contributed by atoms with Crippen molar-refractivity contribution in [3.8, 4) is 33.4 Å². The van der Waals surface area contributed by atoms with Gasteiger partial charge < -0.3 is 9.32 Å². The molecule has 0 atom stereocenters. The maximum absolute atomic E-state index is 6.78. The number of furan rings is 1. The third kappa shape index (κ3) is 4.53. The minimum Gasteiger partial charge on any atom is -0.456 e. The molecule has 2 aliphatic carbocycles. The van der Waals surface area contributed by atoms with Crippen molar-refractivity contribution < 1.29 is 4.42 Å². The fourth-order valence-corrected chi connectivity index (χ4v) is 12.3. The van der Waals surface area contributed by atoms with Gasteiger partial charge in [0.15, 0.2) is 0 Å². The molecule has 0 saturated carbocycles. The molecule has 0 N–H and O–H groups in total. The van der Waals surface area contributed by atoms with Crippen LogP contribution in [-0.4, -0.2) is 0 Å². The molecule has 0 bridgehead atoms. The average Bonchev–Trinajstić information content (AvgIpc) is 4.06. The van der Waals surface area contributed by atoms with E-state index in [1.165, 1.54) is 86.6 Å². The number of benzene rings is 10. The molecule has 3 heteroatoms. The lowest BCUT2D eigenvalue weighted by atomic mass is 9.70. The molecule has 10 aromatic carbocycles. The molecule has 0 amide bonds. The van der Waals surface area contributed by atoms with Gasteiger partial charge in [-0.2, -0.15) is 0 Å². The zero-order chi connectivity index (χ0) is 40.5. The number of rotatable bonds is 4. The predicted molar refractivity (Wildman–Crippen MR) is 261 cm³/mol. The predicted octanol–water partition coefficient (Wildman–Crippen LogP) is 16.6. The van der Waals surface area contributed by atoms with E-state index < -0.39 is 5.41 Å². The molecule has 2 aromatic heterocycles. The maximum atomic E-state index is 6.78. The van der Waals surface area contributed by atoms with Crippen LogP contribution in [0.15, 0.2) is 217 Å². The molecule has 2 heterocycles. The van der Waals surface area contributed by atoms with Gasteiger partial charge in [-0.15, -0.1) is 11.3 Å². The van der Waals surface area contributed by atoms with E-state index in [0.29, 0.717) is 0 Å². The summed E-state index contributed by atoms with van der Waals surface area (Å²) < 4.78 is 9.37. The zero-order valence-corrected chi connectivity index (χ0v) is 34.3. The molecule has 0 radical (unpaired) electrons. The second kappa shape index (κ2) is 12.7. The molecule has 0 unspecified atom stereocenters. The summed E-state index contributed by atoms with van der Waals surface area (Å²) in [5, 5.41) is 7.21. The fourth-order valence-electron chi connectivity index (χ4n) is 11.1. The van der Waals surface area contributed by atoms with E-state index in [-0.39, 0.29) is 0 Å². The van der Waals surface area contributed by atoms with Gasteiger partial charge in [0, 0.05) is 53.9 Å². The van der Waals surface area contributed by atoms with Crippen molar-refractivity contribution in [2.45, 2.75) is 5.41 Å². The third-order valence-corrected chi connectivity index (χ3v) is 14.8. The lowest BCUT2D eigenvalue weighted by Gasteiger charge is -2.32. The topological polar surface area (TPSA) is 16.4 Å². The summed E-state index contributed by atoms with van der Waals surface area (Å²) in [6.45, 7) is 0. The Kier molecular flexibility index (Phi) is 6.95. The van der Waals surface area contributed by atoms with Crippen molar-refractivity contribution in [1.29, 1.82) is 0 Å².